The van der Waals surface area contributed by atoms with Gasteiger partial charge >= 0.3 is 0 Å². The van der Waals surface area contributed by atoms with Crippen LogP contribution in [0.4, 0.5) is 0 Å². The number of halogens is 1. The number of ketones is 1. The number of phenols is 1. The largest absolute Gasteiger partial charge is 0.632 e. The minimum atomic E-state index is -0.789. The number of quaternary nitrogens is 1. The molecule has 2 aromatic carbocycles. The van der Waals surface area contributed by atoms with E-state index in [0.717, 1.165) is 29.5 Å². The monoisotopic (exact) mass is 483 g/mol. The second-order valence-electron chi connectivity index (χ2n) is 10.8. The number of hydrogen-bond donors (Lipinski definition) is 1. The summed E-state index contributed by atoms with van der Waals surface area (Å²) in [5.74, 6) is 1.07. The van der Waals surface area contributed by atoms with Crippen LogP contribution in [0, 0.1) is 11.1 Å². The van der Waals surface area contributed by atoms with Crippen molar-refractivity contribution in [3.05, 3.63) is 64.4 Å². The Kier molecular flexibility index (Phi) is 4.89. The summed E-state index contributed by atoms with van der Waals surface area (Å²) in [7, 11) is 0. The Bertz CT molecular complexity index is 1150. The minimum absolute atomic E-state index is 0. The van der Waals surface area contributed by atoms with Gasteiger partial charge in [0.2, 0.25) is 0 Å². The molecule has 3 aliphatic carbocycles. The Balaban J connectivity index is 0.00000217. The van der Waals surface area contributed by atoms with Gasteiger partial charge in [0.25, 0.3) is 0 Å². The maximum atomic E-state index is 14.5. The molecule has 1 saturated heterocycles. The number of carbonyl (C=O) groups is 1. The fourth-order valence-electron chi connectivity index (χ4n) is 7.59. The number of ether oxygens (including phenoxy) is 2. The molecule has 1 spiro atoms. The van der Waals surface area contributed by atoms with Gasteiger partial charge in [-0.3, -0.25) is 4.79 Å². The summed E-state index contributed by atoms with van der Waals surface area (Å²) in [4.78, 5) is 13.3. The van der Waals surface area contributed by atoms with Crippen molar-refractivity contribution in [3.8, 4) is 11.5 Å². The molecule has 6 nitrogen and oxygen atoms in total. The molecular formula is C27H30ClNO5. The van der Waals surface area contributed by atoms with Gasteiger partial charge in [0.1, 0.15) is 11.6 Å². The van der Waals surface area contributed by atoms with Crippen LogP contribution < -0.4 is 4.74 Å². The first-order valence-corrected chi connectivity index (χ1v) is 12.3. The van der Waals surface area contributed by atoms with Crippen molar-refractivity contribution >= 4 is 18.2 Å². The van der Waals surface area contributed by atoms with E-state index in [2.05, 4.69) is 0 Å². The van der Waals surface area contributed by atoms with Gasteiger partial charge < -0.3 is 24.4 Å². The van der Waals surface area contributed by atoms with E-state index in [4.69, 9.17) is 9.47 Å². The molecule has 2 heterocycles. The van der Waals surface area contributed by atoms with E-state index in [1.54, 1.807) is 6.07 Å². The summed E-state index contributed by atoms with van der Waals surface area (Å²) >= 11 is 0. The Labute approximate surface area is 205 Å². The normalized spacial score (nSPS) is 36.9. The second kappa shape index (κ2) is 7.44. The Morgan fingerprint density at radius 2 is 1.94 bits per heavy atom. The van der Waals surface area contributed by atoms with Crippen molar-refractivity contribution in [2.45, 2.75) is 68.3 Å². The van der Waals surface area contributed by atoms with E-state index < -0.39 is 17.1 Å². The molecule has 1 N–H and O–H groups in total. The predicted molar refractivity (Wildman–Crippen MR) is 128 cm³/mol. The number of Topliss-reactive ketones (excluding diaryl/α,β-unsaturated/α-hetero) is 1. The van der Waals surface area contributed by atoms with Gasteiger partial charge in [-0.1, -0.05) is 36.4 Å². The topological polar surface area (TPSA) is 78.8 Å². The standard InChI is InChI=1S/C27H29NO5.ClH/c29-20-9-8-19-14-22-27(32-16-18-4-2-1-3-5-18)11-10-21(30)25-26(27,23(19)24(20)33-25)12-13-28(22,31)15-17-6-7-17;/h1-5,8-9,17,22,25,29H,6-7,10-16H2;1H/t22-,25?,26+,27-,28?;/m1./s1. The summed E-state index contributed by atoms with van der Waals surface area (Å²) in [6.07, 6.45) is 3.60. The van der Waals surface area contributed by atoms with Crippen molar-refractivity contribution in [2.24, 2.45) is 5.92 Å². The number of rotatable bonds is 5. The number of benzene rings is 2. The first kappa shape index (κ1) is 22.4. The third-order valence-electron chi connectivity index (χ3n) is 9.15. The molecule has 0 radical (unpaired) electrons. The van der Waals surface area contributed by atoms with Gasteiger partial charge in [-0.2, -0.15) is 0 Å². The van der Waals surface area contributed by atoms with Crippen LogP contribution in [0.25, 0.3) is 0 Å². The lowest BCUT2D eigenvalue weighted by Gasteiger charge is -2.68. The Morgan fingerprint density at radius 1 is 1.15 bits per heavy atom. The minimum Gasteiger partial charge on any atom is -0.632 e. The highest BCUT2D eigenvalue weighted by Gasteiger charge is 2.77. The van der Waals surface area contributed by atoms with Crippen molar-refractivity contribution in [1.29, 1.82) is 0 Å². The van der Waals surface area contributed by atoms with E-state index in [-0.39, 0.29) is 34.6 Å². The molecule has 3 fully saturated rings. The van der Waals surface area contributed by atoms with Gasteiger partial charge in [-0.25, -0.2) is 0 Å². The third kappa shape index (κ3) is 2.77. The fourth-order valence-corrected chi connectivity index (χ4v) is 7.59. The highest BCUT2D eigenvalue weighted by Crippen LogP contribution is 2.67. The van der Waals surface area contributed by atoms with Gasteiger partial charge in [-0.05, 0) is 36.5 Å². The van der Waals surface area contributed by atoms with Crippen LogP contribution in [0.15, 0.2) is 42.5 Å². The quantitative estimate of drug-likeness (QED) is 0.509. The maximum absolute atomic E-state index is 14.5. The third-order valence-corrected chi connectivity index (χ3v) is 9.15. The summed E-state index contributed by atoms with van der Waals surface area (Å²) in [6, 6.07) is 13.4. The number of likely N-dealkylation sites (tertiary alicyclic amines) is 1. The Morgan fingerprint density at radius 3 is 2.71 bits per heavy atom. The lowest BCUT2D eigenvalue weighted by Crippen LogP contribution is -2.81. The number of hydrogen-bond acceptors (Lipinski definition) is 5. The lowest BCUT2D eigenvalue weighted by atomic mass is 9.48. The molecule has 2 saturated carbocycles. The van der Waals surface area contributed by atoms with Gasteiger partial charge in [0.15, 0.2) is 23.4 Å². The SMILES string of the molecule is Cl.O=C1CC[C@@]2(OCc3ccccc3)[C@H]3Cc4ccc(O)c5c4[C@@]2(CC[N+]3([O-])CC2CC2)C1O5. The average molecular weight is 484 g/mol. The molecule has 34 heavy (non-hydrogen) atoms. The van der Waals surface area contributed by atoms with E-state index >= 15 is 0 Å². The molecule has 5 aliphatic rings. The number of phenolic OH excluding ortho intramolecular Hbond substituents is 1. The number of nitrogens with zero attached hydrogens (tertiary/aromatic N) is 1. The van der Waals surface area contributed by atoms with E-state index in [0.29, 0.717) is 57.0 Å². The van der Waals surface area contributed by atoms with E-state index in [1.165, 1.54) is 0 Å². The summed E-state index contributed by atoms with van der Waals surface area (Å²) in [5.41, 5.74) is 1.53. The number of carbonyl (C=O) groups excluding carboxylic acids is 1. The first-order chi connectivity index (χ1) is 16.0. The molecule has 2 bridgehead atoms. The predicted octanol–water partition coefficient (Wildman–Crippen LogP) is 4.18. The van der Waals surface area contributed by atoms with E-state index in [9.17, 15) is 15.1 Å². The van der Waals surface area contributed by atoms with Crippen molar-refractivity contribution in [2.75, 3.05) is 13.1 Å². The number of piperidine rings is 1. The number of aromatic hydroxyl groups is 1. The smallest absolute Gasteiger partial charge is 0.174 e. The van der Waals surface area contributed by atoms with Crippen LogP contribution >= 0.6 is 12.4 Å². The molecule has 0 aromatic heterocycles. The molecule has 2 unspecified atom stereocenters. The zero-order valence-corrected chi connectivity index (χ0v) is 19.9. The molecule has 2 aromatic rings. The van der Waals surface area contributed by atoms with Gasteiger partial charge in [0.05, 0.1) is 25.1 Å². The van der Waals surface area contributed by atoms with Crippen LogP contribution in [0.1, 0.15) is 48.8 Å². The molecule has 2 aliphatic heterocycles. The van der Waals surface area contributed by atoms with Crippen molar-refractivity contribution in [1.82, 2.24) is 0 Å². The van der Waals surface area contributed by atoms with Gasteiger partial charge in [-0.15, -0.1) is 12.4 Å². The van der Waals surface area contributed by atoms with Crippen molar-refractivity contribution in [3.63, 3.8) is 0 Å². The molecular weight excluding hydrogens is 454 g/mol. The first-order valence-electron chi connectivity index (χ1n) is 12.3. The van der Waals surface area contributed by atoms with E-state index in [1.807, 2.05) is 36.4 Å². The van der Waals surface area contributed by atoms with Crippen molar-refractivity contribution < 1.29 is 24.0 Å². The fraction of sp³-hybridized carbons (Fsp3) is 0.519. The van der Waals surface area contributed by atoms with Crippen LogP contribution in [0.2, 0.25) is 0 Å². The Hall–Kier alpha value is -2.12. The second-order valence-corrected chi connectivity index (χ2v) is 10.8. The molecule has 180 valence electrons. The van der Waals surface area contributed by atoms with Crippen LogP contribution in [0.5, 0.6) is 11.5 Å². The van der Waals surface area contributed by atoms with Crippen LogP contribution in [0.3, 0.4) is 0 Å². The lowest BCUT2D eigenvalue weighted by molar-refractivity contribution is -0.924. The molecule has 7 heteroatoms. The van der Waals surface area contributed by atoms with Gasteiger partial charge in [0, 0.05) is 30.7 Å². The maximum Gasteiger partial charge on any atom is 0.174 e. The zero-order valence-electron chi connectivity index (χ0n) is 19.1. The number of hydroxylamine groups is 3. The molecule has 5 atom stereocenters. The summed E-state index contributed by atoms with van der Waals surface area (Å²) in [5, 5.41) is 25.2. The highest BCUT2D eigenvalue weighted by atomic mass is 35.5. The zero-order chi connectivity index (χ0) is 22.4. The average Bonchev–Trinajstić information content (AvgIpc) is 3.55. The molecule has 0 amide bonds. The summed E-state index contributed by atoms with van der Waals surface area (Å²) < 4.78 is 13.0. The highest BCUT2D eigenvalue weighted by molar-refractivity contribution is 5.90. The van der Waals surface area contributed by atoms with Crippen LogP contribution in [-0.2, 0) is 28.0 Å². The molecule has 7 rings (SSSR count). The summed E-state index contributed by atoms with van der Waals surface area (Å²) in [6.45, 7) is 1.50. The van der Waals surface area contributed by atoms with Crippen LogP contribution in [-0.4, -0.2) is 46.4 Å².